The molecule has 0 radical (unpaired) electrons. The number of benzene rings is 1. The second-order valence-corrected chi connectivity index (χ2v) is 6.12. The van der Waals surface area contributed by atoms with Crippen LogP contribution < -0.4 is 11.1 Å². The first-order valence-electron chi connectivity index (χ1n) is 5.54. The van der Waals surface area contributed by atoms with Crippen molar-refractivity contribution >= 4 is 20.9 Å². The van der Waals surface area contributed by atoms with E-state index < -0.39 is 21.0 Å². The van der Waals surface area contributed by atoms with Crippen molar-refractivity contribution in [3.05, 3.63) is 38.9 Å². The molecule has 0 aliphatic carbocycles. The number of aliphatic hydroxyl groups excluding tert-OH is 1. The number of sulfone groups is 1. The molecule has 2 aromatic rings. The molecule has 1 heterocycles. The number of H-pyrrole nitrogens is 2. The molecule has 2 rings (SSSR count). The number of fused-ring (bicyclic) bond motifs is 1. The van der Waals surface area contributed by atoms with Crippen LogP contribution in [0.4, 0.5) is 0 Å². The highest BCUT2D eigenvalue weighted by molar-refractivity contribution is 7.91. The zero-order chi connectivity index (χ0) is 14.0. The lowest BCUT2D eigenvalue weighted by Crippen LogP contribution is -2.28. The Morgan fingerprint density at radius 1 is 1.05 bits per heavy atom. The summed E-state index contributed by atoms with van der Waals surface area (Å²) in [5.41, 5.74) is -1.03. The molecule has 0 spiro atoms. The molecule has 0 saturated heterocycles. The van der Waals surface area contributed by atoms with Crippen molar-refractivity contribution < 1.29 is 13.5 Å². The van der Waals surface area contributed by atoms with Crippen LogP contribution in [0.2, 0.25) is 0 Å². The molecule has 7 nitrogen and oxygen atoms in total. The highest BCUT2D eigenvalue weighted by Gasteiger charge is 2.14. The van der Waals surface area contributed by atoms with Gasteiger partial charge < -0.3 is 15.1 Å². The van der Waals surface area contributed by atoms with Gasteiger partial charge in [-0.3, -0.25) is 9.59 Å². The second-order valence-electron chi connectivity index (χ2n) is 4.01. The van der Waals surface area contributed by atoms with E-state index in [1.54, 1.807) is 0 Å². The van der Waals surface area contributed by atoms with E-state index in [9.17, 15) is 18.0 Å². The fourth-order valence-corrected chi connectivity index (χ4v) is 2.98. The number of aromatic nitrogens is 2. The fourth-order valence-electron chi connectivity index (χ4n) is 1.66. The van der Waals surface area contributed by atoms with E-state index in [1.807, 2.05) is 0 Å². The van der Waals surface area contributed by atoms with Crippen molar-refractivity contribution in [2.45, 2.75) is 11.3 Å². The van der Waals surface area contributed by atoms with Crippen molar-refractivity contribution in [1.82, 2.24) is 9.97 Å². The van der Waals surface area contributed by atoms with Crippen molar-refractivity contribution in [3.63, 3.8) is 0 Å². The molecule has 1 aromatic heterocycles. The lowest BCUT2D eigenvalue weighted by molar-refractivity contribution is 0.295. The highest BCUT2D eigenvalue weighted by Crippen LogP contribution is 2.16. The third kappa shape index (κ3) is 2.74. The van der Waals surface area contributed by atoms with Gasteiger partial charge >= 0.3 is 11.1 Å². The summed E-state index contributed by atoms with van der Waals surface area (Å²) >= 11 is 0. The Hall–Kier alpha value is -1.93. The van der Waals surface area contributed by atoms with E-state index in [0.717, 1.165) is 0 Å². The molecule has 0 aliphatic rings. The van der Waals surface area contributed by atoms with Gasteiger partial charge in [0.05, 0.1) is 21.7 Å². The summed E-state index contributed by atoms with van der Waals surface area (Å²) in [5, 5.41) is 8.66. The van der Waals surface area contributed by atoms with Crippen LogP contribution in [0.15, 0.2) is 32.7 Å². The molecule has 3 N–H and O–H groups in total. The van der Waals surface area contributed by atoms with Crippen LogP contribution in [-0.4, -0.2) is 35.9 Å². The van der Waals surface area contributed by atoms with Crippen LogP contribution in [0.25, 0.3) is 11.0 Å². The summed E-state index contributed by atoms with van der Waals surface area (Å²) in [6.07, 6.45) is 0.141. The molecule has 0 unspecified atom stereocenters. The maximum absolute atomic E-state index is 11.9. The smallest absolute Gasteiger partial charge is 0.314 e. The lowest BCUT2D eigenvalue weighted by Gasteiger charge is -2.04. The third-order valence-electron chi connectivity index (χ3n) is 2.62. The monoisotopic (exact) mass is 284 g/mol. The minimum atomic E-state index is -3.51. The molecular formula is C11H12N2O5S. The van der Waals surface area contributed by atoms with Gasteiger partial charge in [-0.05, 0) is 24.6 Å². The van der Waals surface area contributed by atoms with Gasteiger partial charge in [0, 0.05) is 6.61 Å². The Morgan fingerprint density at radius 3 is 2.32 bits per heavy atom. The van der Waals surface area contributed by atoms with Crippen LogP contribution in [0.1, 0.15) is 6.42 Å². The van der Waals surface area contributed by atoms with Gasteiger partial charge in [-0.2, -0.15) is 0 Å². The summed E-state index contributed by atoms with van der Waals surface area (Å²) in [4.78, 5) is 27.0. The van der Waals surface area contributed by atoms with Crippen molar-refractivity contribution in [2.75, 3.05) is 12.4 Å². The van der Waals surface area contributed by atoms with E-state index in [2.05, 4.69) is 9.97 Å². The molecule has 1 aromatic carbocycles. The average Bonchev–Trinajstić information content (AvgIpc) is 2.37. The Bertz CT molecular complexity index is 819. The van der Waals surface area contributed by atoms with E-state index in [1.165, 1.54) is 18.2 Å². The van der Waals surface area contributed by atoms with Gasteiger partial charge in [-0.15, -0.1) is 0 Å². The molecule has 102 valence electrons. The number of nitrogens with one attached hydrogen (secondary N) is 2. The first-order valence-corrected chi connectivity index (χ1v) is 7.19. The van der Waals surface area contributed by atoms with Crippen molar-refractivity contribution in [1.29, 1.82) is 0 Å². The van der Waals surface area contributed by atoms with Crippen LogP contribution in [0.3, 0.4) is 0 Å². The van der Waals surface area contributed by atoms with Gasteiger partial charge in [-0.1, -0.05) is 0 Å². The van der Waals surface area contributed by atoms with Crippen LogP contribution in [0.5, 0.6) is 0 Å². The highest BCUT2D eigenvalue weighted by atomic mass is 32.2. The number of aromatic amines is 2. The summed E-state index contributed by atoms with van der Waals surface area (Å²) in [7, 11) is -3.51. The summed E-state index contributed by atoms with van der Waals surface area (Å²) in [5.74, 6) is -0.178. The quantitative estimate of drug-likeness (QED) is 0.646. The van der Waals surface area contributed by atoms with E-state index in [0.29, 0.717) is 5.52 Å². The SMILES string of the molecule is O=c1[nH]c2ccc(S(=O)(=O)CCCO)cc2[nH]c1=O. The Labute approximate surface area is 107 Å². The Balaban J connectivity index is 2.56. The summed E-state index contributed by atoms with van der Waals surface area (Å²) in [6, 6.07) is 4.06. The van der Waals surface area contributed by atoms with Crippen LogP contribution >= 0.6 is 0 Å². The fraction of sp³-hybridized carbons (Fsp3) is 0.273. The first-order chi connectivity index (χ1) is 8.94. The van der Waals surface area contributed by atoms with Crippen LogP contribution in [0, 0.1) is 0 Å². The standard InChI is InChI=1S/C11H12N2O5S/c14-4-1-5-19(17,18)7-2-3-8-9(6-7)13-11(16)10(15)12-8/h2-3,6,14H,1,4-5H2,(H,12,15)(H,13,16). The number of rotatable bonds is 4. The minimum absolute atomic E-state index is 0.0381. The molecule has 0 fully saturated rings. The van der Waals surface area contributed by atoms with Gasteiger partial charge in [0.25, 0.3) is 0 Å². The zero-order valence-corrected chi connectivity index (χ0v) is 10.7. The van der Waals surface area contributed by atoms with Crippen molar-refractivity contribution in [3.8, 4) is 0 Å². The molecular weight excluding hydrogens is 272 g/mol. The Morgan fingerprint density at radius 2 is 1.68 bits per heavy atom. The van der Waals surface area contributed by atoms with Gasteiger partial charge in [0.1, 0.15) is 0 Å². The summed E-state index contributed by atoms with van der Waals surface area (Å²) in [6.45, 7) is -0.211. The van der Waals surface area contributed by atoms with Crippen LogP contribution in [-0.2, 0) is 9.84 Å². The predicted molar refractivity (Wildman–Crippen MR) is 68.9 cm³/mol. The lowest BCUT2D eigenvalue weighted by atomic mass is 10.3. The van der Waals surface area contributed by atoms with Gasteiger partial charge in [0.2, 0.25) is 0 Å². The zero-order valence-electron chi connectivity index (χ0n) is 9.84. The van der Waals surface area contributed by atoms with Gasteiger partial charge in [0.15, 0.2) is 9.84 Å². The van der Waals surface area contributed by atoms with Crippen molar-refractivity contribution in [2.24, 2.45) is 0 Å². The molecule has 0 saturated carbocycles. The molecule has 8 heteroatoms. The van der Waals surface area contributed by atoms with E-state index in [-0.39, 0.29) is 29.2 Å². The minimum Gasteiger partial charge on any atom is -0.396 e. The topological polar surface area (TPSA) is 120 Å². The third-order valence-corrected chi connectivity index (χ3v) is 4.42. The molecule has 0 atom stereocenters. The molecule has 0 amide bonds. The maximum Gasteiger partial charge on any atom is 0.314 e. The Kier molecular flexibility index (Phi) is 3.54. The largest absolute Gasteiger partial charge is 0.396 e. The van der Waals surface area contributed by atoms with Gasteiger partial charge in [-0.25, -0.2) is 8.42 Å². The number of aliphatic hydroxyl groups is 1. The van der Waals surface area contributed by atoms with E-state index in [4.69, 9.17) is 5.11 Å². The predicted octanol–water partition coefficient (Wildman–Crippen LogP) is -0.627. The second kappa shape index (κ2) is 4.98. The normalized spacial score (nSPS) is 11.8. The number of hydrogen-bond acceptors (Lipinski definition) is 5. The molecule has 0 aliphatic heterocycles. The summed E-state index contributed by atoms with van der Waals surface area (Å²) < 4.78 is 23.8. The first kappa shape index (κ1) is 13.5. The van der Waals surface area contributed by atoms with E-state index >= 15 is 0 Å². The molecule has 19 heavy (non-hydrogen) atoms. The number of hydrogen-bond donors (Lipinski definition) is 3. The maximum atomic E-state index is 11.9. The molecule has 0 bridgehead atoms. The average molecular weight is 284 g/mol.